The van der Waals surface area contributed by atoms with Crippen LogP contribution in [0.2, 0.25) is 5.02 Å². The Kier molecular flexibility index (Phi) is 12.4. The minimum atomic E-state index is 0. The first-order valence-electron chi connectivity index (χ1n) is 9.02. The van der Waals surface area contributed by atoms with Gasteiger partial charge in [-0.15, -0.1) is 24.0 Å². The maximum absolute atomic E-state index is 5.82. The van der Waals surface area contributed by atoms with Gasteiger partial charge in [-0.05, 0) is 24.6 Å². The molecule has 0 unspecified atom stereocenters. The van der Waals surface area contributed by atoms with E-state index in [4.69, 9.17) is 25.8 Å². The van der Waals surface area contributed by atoms with Gasteiger partial charge in [-0.3, -0.25) is 4.99 Å². The Morgan fingerprint density at radius 3 is 2.62 bits per heavy atom. The highest BCUT2D eigenvalue weighted by atomic mass is 127. The van der Waals surface area contributed by atoms with Gasteiger partial charge in [0.05, 0.1) is 18.2 Å². The van der Waals surface area contributed by atoms with Gasteiger partial charge in [-0.25, -0.2) is 4.98 Å². The van der Waals surface area contributed by atoms with Crippen molar-refractivity contribution in [2.24, 2.45) is 4.99 Å². The van der Waals surface area contributed by atoms with E-state index >= 15 is 0 Å². The van der Waals surface area contributed by atoms with Crippen LogP contribution >= 0.6 is 35.6 Å². The molecule has 2 rings (SSSR count). The second kappa shape index (κ2) is 14.2. The van der Waals surface area contributed by atoms with E-state index in [9.17, 15) is 0 Å². The van der Waals surface area contributed by atoms with Crippen LogP contribution in [0.4, 0.5) is 0 Å². The van der Waals surface area contributed by atoms with Crippen LogP contribution in [-0.2, 0) is 11.3 Å². The van der Waals surface area contributed by atoms with Gasteiger partial charge in [0, 0.05) is 38.5 Å². The van der Waals surface area contributed by atoms with E-state index in [0.29, 0.717) is 49.8 Å². The number of nitrogens with one attached hydrogen (secondary N) is 2. The maximum atomic E-state index is 5.82. The zero-order valence-corrected chi connectivity index (χ0v) is 20.0. The van der Waals surface area contributed by atoms with Crippen LogP contribution in [-0.4, -0.2) is 51.5 Å². The van der Waals surface area contributed by atoms with Crippen LogP contribution in [0.15, 0.2) is 41.5 Å². The number of hydrogen-bond acceptors (Lipinski definition) is 5. The highest BCUT2D eigenvalue weighted by Crippen LogP contribution is 2.20. The van der Waals surface area contributed by atoms with Crippen molar-refractivity contribution in [2.75, 3.05) is 40.5 Å². The van der Waals surface area contributed by atoms with Crippen LogP contribution in [0.25, 0.3) is 0 Å². The number of rotatable bonds is 10. The van der Waals surface area contributed by atoms with E-state index in [1.54, 1.807) is 32.5 Å². The van der Waals surface area contributed by atoms with Gasteiger partial charge in [-0.2, -0.15) is 0 Å². The number of pyridine rings is 1. The lowest BCUT2D eigenvalue weighted by Crippen LogP contribution is -2.39. The molecule has 0 atom stereocenters. The first-order valence-corrected chi connectivity index (χ1v) is 9.40. The zero-order valence-electron chi connectivity index (χ0n) is 16.9. The second-order valence-corrected chi connectivity index (χ2v) is 6.40. The molecule has 0 saturated carbocycles. The summed E-state index contributed by atoms with van der Waals surface area (Å²) in [5, 5.41) is 7.07. The molecule has 2 N–H and O–H groups in total. The normalized spacial score (nSPS) is 10.8. The van der Waals surface area contributed by atoms with Gasteiger partial charge in [0.15, 0.2) is 5.96 Å². The smallest absolute Gasteiger partial charge is 0.213 e. The molecule has 0 saturated heterocycles. The molecule has 0 bridgehead atoms. The molecule has 1 aromatic heterocycles. The molecule has 0 spiro atoms. The Hall–Kier alpha value is -1.78. The van der Waals surface area contributed by atoms with Crippen LogP contribution in [0.1, 0.15) is 11.1 Å². The maximum Gasteiger partial charge on any atom is 0.213 e. The van der Waals surface area contributed by atoms with Crippen molar-refractivity contribution in [3.63, 3.8) is 0 Å². The summed E-state index contributed by atoms with van der Waals surface area (Å²) >= 11 is 5.80. The molecule has 0 radical (unpaired) electrons. The highest BCUT2D eigenvalue weighted by Gasteiger charge is 2.06. The number of benzene rings is 1. The van der Waals surface area contributed by atoms with Crippen LogP contribution in [0.3, 0.4) is 0 Å². The van der Waals surface area contributed by atoms with Gasteiger partial charge in [0.1, 0.15) is 19.0 Å². The van der Waals surface area contributed by atoms with Crippen molar-refractivity contribution in [1.29, 1.82) is 0 Å². The third-order valence-electron chi connectivity index (χ3n) is 3.78. The van der Waals surface area contributed by atoms with Crippen LogP contribution < -0.4 is 20.1 Å². The minimum Gasteiger partial charge on any atom is -0.491 e. The standard InChI is InChI=1S/C20H27ClN4O3.HI/c1-15-4-5-16(18(12-15)27-11-10-26-3)13-25-20(22-2)23-8-9-28-19-7-6-17(21)14-24-19;/h4-7,12,14H,8-11,13H2,1-3H3,(H2,22,23,25);1H. The van der Waals surface area contributed by atoms with Gasteiger partial charge >= 0.3 is 0 Å². The molecule has 0 aliphatic carbocycles. The molecule has 160 valence electrons. The minimum absolute atomic E-state index is 0. The third-order valence-corrected chi connectivity index (χ3v) is 4.01. The number of hydrogen-bond donors (Lipinski definition) is 2. The lowest BCUT2D eigenvalue weighted by atomic mass is 10.1. The molecule has 0 aliphatic heterocycles. The number of methoxy groups -OCH3 is 1. The average Bonchev–Trinajstić information content (AvgIpc) is 2.70. The SMILES string of the molecule is CN=C(NCCOc1ccc(Cl)cn1)NCc1ccc(C)cc1OCCOC.I. The molecular weight excluding hydrogens is 507 g/mol. The van der Waals surface area contributed by atoms with E-state index in [1.807, 2.05) is 19.1 Å². The number of aromatic nitrogens is 1. The molecule has 0 amide bonds. The number of ether oxygens (including phenoxy) is 3. The molecule has 1 heterocycles. The Bertz CT molecular complexity index is 760. The fourth-order valence-corrected chi connectivity index (χ4v) is 2.46. The number of guanidine groups is 1. The fraction of sp³-hybridized carbons (Fsp3) is 0.400. The number of aryl methyl sites for hydroxylation is 1. The zero-order chi connectivity index (χ0) is 20.2. The molecule has 0 fully saturated rings. The summed E-state index contributed by atoms with van der Waals surface area (Å²) in [6.07, 6.45) is 1.55. The summed E-state index contributed by atoms with van der Waals surface area (Å²) in [5.74, 6) is 2.06. The summed E-state index contributed by atoms with van der Waals surface area (Å²) < 4.78 is 16.4. The predicted octanol–water partition coefficient (Wildman–Crippen LogP) is 3.43. The molecule has 0 aliphatic rings. The van der Waals surface area contributed by atoms with Crippen molar-refractivity contribution < 1.29 is 14.2 Å². The summed E-state index contributed by atoms with van der Waals surface area (Å²) in [4.78, 5) is 8.31. The fourth-order valence-electron chi connectivity index (χ4n) is 2.35. The Balaban J connectivity index is 0.00000420. The highest BCUT2D eigenvalue weighted by molar-refractivity contribution is 14.0. The summed E-state index contributed by atoms with van der Waals surface area (Å²) in [6, 6.07) is 9.61. The topological polar surface area (TPSA) is 77.0 Å². The average molecular weight is 535 g/mol. The van der Waals surface area contributed by atoms with Crippen molar-refractivity contribution in [2.45, 2.75) is 13.5 Å². The summed E-state index contributed by atoms with van der Waals surface area (Å²) in [5.41, 5.74) is 2.19. The van der Waals surface area contributed by atoms with Gasteiger partial charge < -0.3 is 24.8 Å². The quantitative estimate of drug-likeness (QED) is 0.211. The first-order chi connectivity index (χ1) is 13.6. The van der Waals surface area contributed by atoms with Crippen molar-refractivity contribution >= 4 is 41.5 Å². The van der Waals surface area contributed by atoms with E-state index in [0.717, 1.165) is 16.9 Å². The third kappa shape index (κ3) is 9.51. The van der Waals surface area contributed by atoms with Gasteiger partial charge in [0.25, 0.3) is 0 Å². The van der Waals surface area contributed by atoms with E-state index < -0.39 is 0 Å². The molecular formula is C20H28ClIN4O3. The molecule has 9 heteroatoms. The van der Waals surface area contributed by atoms with E-state index in [1.165, 1.54) is 0 Å². The van der Waals surface area contributed by atoms with Crippen molar-refractivity contribution in [3.8, 4) is 11.6 Å². The largest absolute Gasteiger partial charge is 0.491 e. The second-order valence-electron chi connectivity index (χ2n) is 5.97. The van der Waals surface area contributed by atoms with Crippen molar-refractivity contribution in [3.05, 3.63) is 52.7 Å². The Morgan fingerprint density at radius 1 is 1.10 bits per heavy atom. The van der Waals surface area contributed by atoms with Crippen LogP contribution in [0, 0.1) is 6.92 Å². The lowest BCUT2D eigenvalue weighted by Gasteiger charge is -2.15. The predicted molar refractivity (Wildman–Crippen MR) is 127 cm³/mol. The van der Waals surface area contributed by atoms with Crippen LogP contribution in [0.5, 0.6) is 11.6 Å². The Labute approximate surface area is 194 Å². The lowest BCUT2D eigenvalue weighted by molar-refractivity contribution is 0.145. The summed E-state index contributed by atoms with van der Waals surface area (Å²) in [6.45, 7) is 4.71. The molecule has 29 heavy (non-hydrogen) atoms. The van der Waals surface area contributed by atoms with Crippen molar-refractivity contribution in [1.82, 2.24) is 15.6 Å². The van der Waals surface area contributed by atoms with E-state index in [-0.39, 0.29) is 24.0 Å². The number of halogens is 2. The monoisotopic (exact) mass is 534 g/mol. The van der Waals surface area contributed by atoms with E-state index in [2.05, 4.69) is 26.7 Å². The number of aliphatic imine (C=N–C) groups is 1. The first kappa shape index (κ1) is 25.3. The number of nitrogens with zero attached hydrogens (tertiary/aromatic N) is 2. The molecule has 2 aromatic rings. The molecule has 1 aromatic carbocycles. The Morgan fingerprint density at radius 2 is 1.93 bits per heavy atom. The van der Waals surface area contributed by atoms with Gasteiger partial charge in [0.2, 0.25) is 5.88 Å². The summed E-state index contributed by atoms with van der Waals surface area (Å²) in [7, 11) is 3.38. The van der Waals surface area contributed by atoms with Gasteiger partial charge in [-0.1, -0.05) is 23.7 Å². The molecule has 7 nitrogen and oxygen atoms in total.